The molecule has 0 bridgehead atoms. The van der Waals surface area contributed by atoms with Crippen molar-refractivity contribution < 1.29 is 0 Å². The monoisotopic (exact) mass is 585 g/mol. The van der Waals surface area contributed by atoms with Gasteiger partial charge in [-0.1, -0.05) is 127 Å². The zero-order valence-corrected chi connectivity index (χ0v) is 24.9. The highest BCUT2D eigenvalue weighted by molar-refractivity contribution is 6.14. The third-order valence-electron chi connectivity index (χ3n) is 9.13. The molecule has 7 aromatic carbocycles. The zero-order valence-electron chi connectivity index (χ0n) is 24.9. The van der Waals surface area contributed by atoms with Crippen molar-refractivity contribution in [3.05, 3.63) is 175 Å². The minimum absolute atomic E-state index is 0.626. The lowest BCUT2D eigenvalue weighted by Crippen LogP contribution is -1.98. The maximum Gasteiger partial charge on any atom is 0.211 e. The van der Waals surface area contributed by atoms with Gasteiger partial charge in [-0.25, -0.2) is 4.85 Å². The summed E-state index contributed by atoms with van der Waals surface area (Å²) in [6.07, 6.45) is 0. The molecule has 3 heteroatoms. The van der Waals surface area contributed by atoms with Crippen LogP contribution in [-0.2, 0) is 0 Å². The lowest BCUT2D eigenvalue weighted by atomic mass is 9.96. The van der Waals surface area contributed by atoms with E-state index in [4.69, 9.17) is 6.57 Å². The normalized spacial score (nSPS) is 11.5. The van der Waals surface area contributed by atoms with Crippen molar-refractivity contribution in [1.29, 1.82) is 0 Å². The maximum atomic E-state index is 8.20. The first-order valence-corrected chi connectivity index (χ1v) is 15.5. The molecule has 0 aliphatic heterocycles. The van der Waals surface area contributed by atoms with Gasteiger partial charge in [0.15, 0.2) is 0 Å². The highest BCUT2D eigenvalue weighted by Crippen LogP contribution is 2.43. The fourth-order valence-electron chi connectivity index (χ4n) is 7.20. The van der Waals surface area contributed by atoms with Gasteiger partial charge in [-0.15, -0.1) is 0 Å². The minimum atomic E-state index is 0.626. The number of benzene rings is 7. The Kier molecular flexibility index (Phi) is 5.88. The van der Waals surface area contributed by atoms with E-state index < -0.39 is 0 Å². The van der Waals surface area contributed by atoms with E-state index >= 15 is 0 Å². The summed E-state index contributed by atoms with van der Waals surface area (Å²) in [4.78, 5) is 4.04. The van der Waals surface area contributed by atoms with E-state index in [9.17, 15) is 0 Å². The molecule has 0 saturated carbocycles. The Morgan fingerprint density at radius 2 is 0.913 bits per heavy atom. The van der Waals surface area contributed by atoms with Crippen molar-refractivity contribution in [2.75, 3.05) is 0 Å². The van der Waals surface area contributed by atoms with Crippen LogP contribution in [-0.4, -0.2) is 9.13 Å². The lowest BCUT2D eigenvalue weighted by molar-refractivity contribution is 1.18. The quantitative estimate of drug-likeness (QED) is 0.182. The molecule has 2 heterocycles. The van der Waals surface area contributed by atoms with Crippen molar-refractivity contribution in [1.82, 2.24) is 9.13 Å². The van der Waals surface area contributed by atoms with Crippen molar-refractivity contribution in [2.45, 2.75) is 0 Å². The second kappa shape index (κ2) is 10.4. The third kappa shape index (κ3) is 3.84. The Morgan fingerprint density at radius 1 is 0.413 bits per heavy atom. The van der Waals surface area contributed by atoms with Crippen LogP contribution in [0.1, 0.15) is 0 Å². The molecule has 2 aromatic heterocycles. The number of para-hydroxylation sites is 6. The van der Waals surface area contributed by atoms with E-state index in [0.29, 0.717) is 5.69 Å². The van der Waals surface area contributed by atoms with Gasteiger partial charge in [-0.2, -0.15) is 0 Å². The maximum absolute atomic E-state index is 8.20. The molecule has 9 aromatic rings. The van der Waals surface area contributed by atoms with E-state index in [1.54, 1.807) is 0 Å². The van der Waals surface area contributed by atoms with Crippen LogP contribution in [0.5, 0.6) is 0 Å². The van der Waals surface area contributed by atoms with Crippen molar-refractivity contribution >= 4 is 49.3 Å². The molecule has 0 unspecified atom stereocenters. The molecule has 0 N–H and O–H groups in total. The van der Waals surface area contributed by atoms with Gasteiger partial charge < -0.3 is 9.13 Å². The van der Waals surface area contributed by atoms with Gasteiger partial charge in [0.05, 0.1) is 34.3 Å². The second-order valence-electron chi connectivity index (χ2n) is 11.6. The number of aromatic nitrogens is 2. The number of hydrogen-bond acceptors (Lipinski definition) is 0. The van der Waals surface area contributed by atoms with Gasteiger partial charge in [0.25, 0.3) is 0 Å². The van der Waals surface area contributed by atoms with Gasteiger partial charge in [-0.3, -0.25) is 0 Å². The molecule has 0 atom stereocenters. The summed E-state index contributed by atoms with van der Waals surface area (Å²) < 4.78 is 4.66. The Bertz CT molecular complexity index is 2600. The van der Waals surface area contributed by atoms with Crippen molar-refractivity contribution in [3.63, 3.8) is 0 Å². The van der Waals surface area contributed by atoms with Crippen LogP contribution in [0.2, 0.25) is 0 Å². The number of nitrogens with zero attached hydrogens (tertiary/aromatic N) is 3. The van der Waals surface area contributed by atoms with Crippen LogP contribution in [0.15, 0.2) is 164 Å². The zero-order chi connectivity index (χ0) is 30.6. The largest absolute Gasteiger partial charge is 0.318 e. The molecule has 46 heavy (non-hydrogen) atoms. The predicted octanol–water partition coefficient (Wildman–Crippen LogP) is 11.8. The summed E-state index contributed by atoms with van der Waals surface area (Å²) in [5.74, 6) is 0. The fourth-order valence-corrected chi connectivity index (χ4v) is 7.20. The molecule has 9 rings (SSSR count). The van der Waals surface area contributed by atoms with Gasteiger partial charge in [0.1, 0.15) is 0 Å². The Morgan fingerprint density at radius 3 is 1.59 bits per heavy atom. The molecule has 214 valence electrons. The number of fused-ring (bicyclic) bond motifs is 6. The Labute approximate surface area is 266 Å². The number of rotatable bonds is 4. The van der Waals surface area contributed by atoms with Gasteiger partial charge in [0.2, 0.25) is 5.69 Å². The van der Waals surface area contributed by atoms with Crippen LogP contribution >= 0.6 is 0 Å². The molecule has 0 spiro atoms. The van der Waals surface area contributed by atoms with E-state index in [1.807, 2.05) is 12.1 Å². The van der Waals surface area contributed by atoms with E-state index in [0.717, 1.165) is 39.1 Å². The number of hydrogen-bond donors (Lipinski definition) is 0. The molecule has 0 fully saturated rings. The first-order valence-electron chi connectivity index (χ1n) is 15.5. The molecule has 0 saturated heterocycles. The Hall–Kier alpha value is -6.37. The highest BCUT2D eigenvalue weighted by Gasteiger charge is 2.20. The highest BCUT2D eigenvalue weighted by atomic mass is 15.0. The first kappa shape index (κ1) is 26.1. The SMILES string of the molecule is [C-]#[N+]c1cccc(-c2cccc(-c3cccc4c5ccccc5n(-c5ccccc5)c34)c2)c1-n1c2ccccc2c2ccccc21. The van der Waals surface area contributed by atoms with Crippen LogP contribution in [0.25, 0.3) is 82.1 Å². The third-order valence-corrected chi connectivity index (χ3v) is 9.13. The van der Waals surface area contributed by atoms with Crippen molar-refractivity contribution in [2.24, 2.45) is 0 Å². The van der Waals surface area contributed by atoms with Gasteiger partial charge in [0, 0.05) is 32.8 Å². The summed E-state index contributed by atoms with van der Waals surface area (Å²) in [6.45, 7) is 8.20. The van der Waals surface area contributed by atoms with Crippen LogP contribution < -0.4 is 0 Å². The molecule has 0 aliphatic carbocycles. The average Bonchev–Trinajstić information content (AvgIpc) is 3.65. The van der Waals surface area contributed by atoms with Crippen LogP contribution in [0.3, 0.4) is 0 Å². The predicted molar refractivity (Wildman–Crippen MR) is 192 cm³/mol. The van der Waals surface area contributed by atoms with Crippen LogP contribution in [0, 0.1) is 6.57 Å². The molecule has 0 amide bonds. The van der Waals surface area contributed by atoms with Crippen LogP contribution in [0.4, 0.5) is 5.69 Å². The van der Waals surface area contributed by atoms with Gasteiger partial charge >= 0.3 is 0 Å². The summed E-state index contributed by atoms with van der Waals surface area (Å²) >= 11 is 0. The molecule has 3 nitrogen and oxygen atoms in total. The topological polar surface area (TPSA) is 14.2 Å². The summed E-state index contributed by atoms with van der Waals surface area (Å²) in [5, 5.41) is 4.82. The molecule has 0 aliphatic rings. The van der Waals surface area contributed by atoms with Crippen molar-refractivity contribution in [3.8, 4) is 33.6 Å². The van der Waals surface area contributed by atoms with E-state index in [-0.39, 0.29) is 0 Å². The Balaban J connectivity index is 1.32. The summed E-state index contributed by atoms with van der Waals surface area (Å²) in [7, 11) is 0. The van der Waals surface area contributed by atoms with E-state index in [1.165, 1.54) is 38.1 Å². The lowest BCUT2D eigenvalue weighted by Gasteiger charge is -2.17. The second-order valence-corrected chi connectivity index (χ2v) is 11.6. The molecular weight excluding hydrogens is 558 g/mol. The summed E-state index contributed by atoms with van der Waals surface area (Å²) in [5.41, 5.74) is 11.6. The standard InChI is InChI=1S/C43H27N3/c1-44-38-24-13-22-33(43(38)46-40-26-9-5-18-34(40)35-19-6-10-27-41(35)46)30-15-11-14-29(28-30)32-21-12-23-37-36-20-7-8-25-39(36)45(42(32)37)31-16-3-2-4-17-31/h2-28H. The van der Waals surface area contributed by atoms with E-state index in [2.05, 4.69) is 166 Å². The van der Waals surface area contributed by atoms with Gasteiger partial charge in [-0.05, 0) is 53.1 Å². The smallest absolute Gasteiger partial charge is 0.211 e. The minimum Gasteiger partial charge on any atom is -0.318 e. The fraction of sp³-hybridized carbons (Fsp3) is 0. The first-order chi connectivity index (χ1) is 22.8. The molecule has 0 radical (unpaired) electrons. The molecular formula is C43H27N3. The average molecular weight is 586 g/mol. The summed E-state index contributed by atoms with van der Waals surface area (Å²) in [6, 6.07) is 57.7.